The largest absolute Gasteiger partial charge is 0.497 e. The molecular weight excluding hydrogens is 436 g/mol. The molecule has 3 rings (SSSR count). The molecule has 5 nitrogen and oxygen atoms in total. The molecule has 3 aromatic rings. The van der Waals surface area contributed by atoms with Crippen molar-refractivity contribution in [2.45, 2.75) is 32.4 Å². The molecule has 3 aromatic carbocycles. The Labute approximate surface area is 200 Å². The van der Waals surface area contributed by atoms with Gasteiger partial charge in [-0.1, -0.05) is 66.2 Å². The van der Waals surface area contributed by atoms with E-state index in [-0.39, 0.29) is 24.8 Å². The van der Waals surface area contributed by atoms with Gasteiger partial charge in [-0.2, -0.15) is 0 Å². The fraction of sp³-hybridized carbons (Fsp3) is 0.259. The van der Waals surface area contributed by atoms with Gasteiger partial charge in [0, 0.05) is 24.5 Å². The predicted molar refractivity (Wildman–Crippen MR) is 131 cm³/mol. The van der Waals surface area contributed by atoms with E-state index in [0.717, 1.165) is 16.7 Å². The van der Waals surface area contributed by atoms with Crippen LogP contribution in [0.25, 0.3) is 0 Å². The topological polar surface area (TPSA) is 58.6 Å². The van der Waals surface area contributed by atoms with Gasteiger partial charge in [-0.15, -0.1) is 0 Å². The summed E-state index contributed by atoms with van der Waals surface area (Å²) in [6.07, 6.45) is 0.592. The van der Waals surface area contributed by atoms with E-state index >= 15 is 0 Å². The molecule has 0 unspecified atom stereocenters. The van der Waals surface area contributed by atoms with E-state index < -0.39 is 6.04 Å². The molecule has 1 atom stereocenters. The lowest BCUT2D eigenvalue weighted by Crippen LogP contribution is -2.50. The lowest BCUT2D eigenvalue weighted by Gasteiger charge is -2.31. The second-order valence-electron chi connectivity index (χ2n) is 7.78. The summed E-state index contributed by atoms with van der Waals surface area (Å²) in [4.78, 5) is 28.4. The van der Waals surface area contributed by atoms with Gasteiger partial charge in [0.1, 0.15) is 11.8 Å². The minimum Gasteiger partial charge on any atom is -0.497 e. The van der Waals surface area contributed by atoms with E-state index in [1.807, 2.05) is 73.7 Å². The molecule has 1 N–H and O–H groups in total. The number of methoxy groups -OCH3 is 1. The Kier molecular flexibility index (Phi) is 8.90. The zero-order valence-electron chi connectivity index (χ0n) is 19.0. The SMILES string of the molecule is CCNC(=O)[C@@H](Cc1ccccc1)N(Cc1cccc(OC)c1)C(=O)Cc1ccc(Cl)cc1. The van der Waals surface area contributed by atoms with Crippen LogP contribution in [0.15, 0.2) is 78.9 Å². The fourth-order valence-electron chi connectivity index (χ4n) is 3.69. The number of carbonyl (C=O) groups is 2. The van der Waals surface area contributed by atoms with Crippen LogP contribution in [0, 0.1) is 0 Å². The fourth-order valence-corrected chi connectivity index (χ4v) is 3.82. The molecule has 0 aliphatic carbocycles. The van der Waals surface area contributed by atoms with Crippen molar-refractivity contribution in [2.24, 2.45) is 0 Å². The average Bonchev–Trinajstić information content (AvgIpc) is 2.83. The lowest BCUT2D eigenvalue weighted by molar-refractivity contribution is -0.140. The third kappa shape index (κ3) is 7.09. The Bertz CT molecular complexity index is 1050. The Hall–Kier alpha value is -3.31. The number of halogens is 1. The van der Waals surface area contributed by atoms with Crippen LogP contribution in [0.5, 0.6) is 5.75 Å². The van der Waals surface area contributed by atoms with Gasteiger partial charge in [-0.25, -0.2) is 0 Å². The van der Waals surface area contributed by atoms with Gasteiger partial charge in [-0.3, -0.25) is 9.59 Å². The molecule has 0 fully saturated rings. The van der Waals surface area contributed by atoms with Crippen molar-refractivity contribution in [3.63, 3.8) is 0 Å². The van der Waals surface area contributed by atoms with Crippen molar-refractivity contribution in [3.8, 4) is 5.75 Å². The minimum atomic E-state index is -0.654. The van der Waals surface area contributed by atoms with Crippen LogP contribution in [-0.2, 0) is 29.0 Å². The number of hydrogen-bond donors (Lipinski definition) is 1. The molecule has 6 heteroatoms. The Morgan fingerprint density at radius 3 is 2.30 bits per heavy atom. The molecule has 172 valence electrons. The van der Waals surface area contributed by atoms with Gasteiger partial charge in [0.25, 0.3) is 0 Å². The van der Waals surface area contributed by atoms with Crippen LogP contribution >= 0.6 is 11.6 Å². The second kappa shape index (κ2) is 12.1. The Morgan fingerprint density at radius 1 is 0.939 bits per heavy atom. The van der Waals surface area contributed by atoms with Gasteiger partial charge in [0.15, 0.2) is 0 Å². The van der Waals surface area contributed by atoms with Gasteiger partial charge < -0.3 is 15.0 Å². The molecular formula is C27H29ClN2O3. The van der Waals surface area contributed by atoms with Crippen LogP contribution in [0.1, 0.15) is 23.6 Å². The first-order valence-electron chi connectivity index (χ1n) is 11.0. The molecule has 0 saturated heterocycles. The number of nitrogens with one attached hydrogen (secondary N) is 1. The zero-order chi connectivity index (χ0) is 23.6. The van der Waals surface area contributed by atoms with Crippen LogP contribution in [0.2, 0.25) is 5.02 Å². The first-order valence-corrected chi connectivity index (χ1v) is 11.4. The van der Waals surface area contributed by atoms with Gasteiger partial charge in [0.2, 0.25) is 11.8 Å². The quantitative estimate of drug-likeness (QED) is 0.474. The molecule has 0 aliphatic heterocycles. The number of nitrogens with zero attached hydrogens (tertiary/aromatic N) is 1. The molecule has 0 aliphatic rings. The molecule has 0 aromatic heterocycles. The number of ether oxygens (including phenoxy) is 1. The summed E-state index contributed by atoms with van der Waals surface area (Å²) in [5, 5.41) is 3.52. The summed E-state index contributed by atoms with van der Waals surface area (Å²) >= 11 is 6.00. The van der Waals surface area contributed by atoms with Crippen molar-refractivity contribution >= 4 is 23.4 Å². The maximum Gasteiger partial charge on any atom is 0.243 e. The summed E-state index contributed by atoms with van der Waals surface area (Å²) in [6.45, 7) is 2.65. The highest BCUT2D eigenvalue weighted by Gasteiger charge is 2.30. The molecule has 0 radical (unpaired) electrons. The minimum absolute atomic E-state index is 0.132. The smallest absolute Gasteiger partial charge is 0.243 e. The summed E-state index contributed by atoms with van der Waals surface area (Å²) in [6, 6.07) is 23.9. The van der Waals surface area contributed by atoms with Gasteiger partial charge in [0.05, 0.1) is 13.5 Å². The monoisotopic (exact) mass is 464 g/mol. The van der Waals surface area contributed by atoms with Crippen LogP contribution in [0.4, 0.5) is 0 Å². The standard InChI is InChI=1S/C27H29ClN2O3/c1-3-29-27(32)25(17-20-8-5-4-6-9-20)30(19-22-10-7-11-24(16-22)33-2)26(31)18-21-12-14-23(28)15-13-21/h4-16,25H,3,17-19H2,1-2H3,(H,29,32)/t25-/m1/s1. The third-order valence-corrected chi connectivity index (χ3v) is 5.63. The van der Waals surface area contributed by atoms with Crippen molar-refractivity contribution in [2.75, 3.05) is 13.7 Å². The van der Waals surface area contributed by atoms with Gasteiger partial charge in [-0.05, 0) is 47.9 Å². The van der Waals surface area contributed by atoms with Crippen LogP contribution < -0.4 is 10.1 Å². The van der Waals surface area contributed by atoms with E-state index in [0.29, 0.717) is 23.7 Å². The normalized spacial score (nSPS) is 11.5. The maximum absolute atomic E-state index is 13.6. The van der Waals surface area contributed by atoms with E-state index in [4.69, 9.17) is 16.3 Å². The number of carbonyl (C=O) groups excluding carboxylic acids is 2. The second-order valence-corrected chi connectivity index (χ2v) is 8.21. The highest BCUT2D eigenvalue weighted by molar-refractivity contribution is 6.30. The lowest BCUT2D eigenvalue weighted by atomic mass is 10.0. The highest BCUT2D eigenvalue weighted by Crippen LogP contribution is 2.20. The zero-order valence-corrected chi connectivity index (χ0v) is 19.7. The molecule has 0 spiro atoms. The molecule has 0 bridgehead atoms. The van der Waals surface area contributed by atoms with E-state index in [9.17, 15) is 9.59 Å². The van der Waals surface area contributed by atoms with Crippen molar-refractivity contribution in [3.05, 3.63) is 101 Å². The third-order valence-electron chi connectivity index (χ3n) is 5.38. The number of benzene rings is 3. The molecule has 2 amide bonds. The number of amides is 2. The molecule has 0 saturated carbocycles. The van der Waals surface area contributed by atoms with E-state index in [1.54, 1.807) is 24.1 Å². The van der Waals surface area contributed by atoms with Gasteiger partial charge >= 0.3 is 0 Å². The highest BCUT2D eigenvalue weighted by atomic mass is 35.5. The van der Waals surface area contributed by atoms with Crippen LogP contribution in [0.3, 0.4) is 0 Å². The van der Waals surface area contributed by atoms with Crippen molar-refractivity contribution in [1.82, 2.24) is 10.2 Å². The summed E-state index contributed by atoms with van der Waals surface area (Å²) in [5.74, 6) is 0.399. The number of rotatable bonds is 10. The Balaban J connectivity index is 1.95. The van der Waals surface area contributed by atoms with Crippen LogP contribution in [-0.4, -0.2) is 36.4 Å². The van der Waals surface area contributed by atoms with E-state index in [1.165, 1.54) is 0 Å². The summed E-state index contributed by atoms with van der Waals surface area (Å²) < 4.78 is 5.35. The maximum atomic E-state index is 13.6. The molecule has 0 heterocycles. The summed E-state index contributed by atoms with van der Waals surface area (Å²) in [7, 11) is 1.61. The number of hydrogen-bond acceptors (Lipinski definition) is 3. The number of likely N-dealkylation sites (N-methyl/N-ethyl adjacent to an activating group) is 1. The first kappa shape index (κ1) is 24.3. The van der Waals surface area contributed by atoms with Crippen molar-refractivity contribution in [1.29, 1.82) is 0 Å². The first-order chi connectivity index (χ1) is 16.0. The Morgan fingerprint density at radius 2 is 1.64 bits per heavy atom. The van der Waals surface area contributed by atoms with E-state index in [2.05, 4.69) is 5.32 Å². The predicted octanol–water partition coefficient (Wildman–Crippen LogP) is 4.67. The van der Waals surface area contributed by atoms with Crippen molar-refractivity contribution < 1.29 is 14.3 Å². The summed E-state index contributed by atoms with van der Waals surface area (Å²) in [5.41, 5.74) is 2.72. The average molecular weight is 465 g/mol. The molecule has 33 heavy (non-hydrogen) atoms.